The van der Waals surface area contributed by atoms with Crippen LogP contribution in [0, 0.1) is 15.5 Å². The molecule has 2 rings (SSSR count). The average Bonchev–Trinajstić information content (AvgIpc) is 3.24. The maximum absolute atomic E-state index is 11.3. The topological polar surface area (TPSA) is 69.4 Å². The second-order valence-electron chi connectivity index (χ2n) is 5.48. The standard InChI is InChI=1S/C15H19NO4S/c1-20-14(17)10-15(7-8-15)11-21-9-6-12-2-4-13(5-3-12)16(18)19/h2-5H,6-11H2,1H3. The van der Waals surface area contributed by atoms with Gasteiger partial charge in [-0.25, -0.2) is 0 Å². The van der Waals surface area contributed by atoms with Gasteiger partial charge in [0.1, 0.15) is 0 Å². The molecule has 21 heavy (non-hydrogen) atoms. The zero-order valence-corrected chi connectivity index (χ0v) is 12.9. The number of nitro groups is 1. The van der Waals surface area contributed by atoms with E-state index in [9.17, 15) is 14.9 Å². The normalized spacial score (nSPS) is 15.5. The van der Waals surface area contributed by atoms with Gasteiger partial charge >= 0.3 is 5.97 Å². The van der Waals surface area contributed by atoms with Crippen LogP contribution in [0.5, 0.6) is 0 Å². The van der Waals surface area contributed by atoms with E-state index in [4.69, 9.17) is 4.74 Å². The van der Waals surface area contributed by atoms with Crippen LogP contribution >= 0.6 is 11.8 Å². The number of methoxy groups -OCH3 is 1. The van der Waals surface area contributed by atoms with Crippen molar-refractivity contribution in [1.29, 1.82) is 0 Å². The minimum Gasteiger partial charge on any atom is -0.469 e. The first-order chi connectivity index (χ1) is 10.0. The van der Waals surface area contributed by atoms with E-state index < -0.39 is 0 Å². The van der Waals surface area contributed by atoms with Crippen molar-refractivity contribution in [3.8, 4) is 0 Å². The molecule has 5 nitrogen and oxygen atoms in total. The number of nitro benzene ring substituents is 1. The van der Waals surface area contributed by atoms with Crippen molar-refractivity contribution >= 4 is 23.4 Å². The zero-order valence-electron chi connectivity index (χ0n) is 12.0. The molecule has 0 aromatic heterocycles. The molecule has 1 aliphatic rings. The number of esters is 1. The van der Waals surface area contributed by atoms with Crippen molar-refractivity contribution in [2.24, 2.45) is 5.41 Å². The lowest BCUT2D eigenvalue weighted by atomic mass is 10.1. The van der Waals surface area contributed by atoms with E-state index in [0.29, 0.717) is 6.42 Å². The third kappa shape index (κ3) is 4.74. The molecule has 0 bridgehead atoms. The minimum atomic E-state index is -0.387. The number of hydrogen-bond acceptors (Lipinski definition) is 5. The first-order valence-corrected chi connectivity index (χ1v) is 8.08. The van der Waals surface area contributed by atoms with Crippen LogP contribution in [0.1, 0.15) is 24.8 Å². The first kappa shape index (κ1) is 15.8. The second kappa shape index (κ2) is 6.93. The minimum absolute atomic E-state index is 0.122. The number of ether oxygens (including phenoxy) is 1. The van der Waals surface area contributed by atoms with Crippen LogP contribution in [0.15, 0.2) is 24.3 Å². The molecule has 0 aliphatic heterocycles. The third-order valence-electron chi connectivity index (χ3n) is 3.79. The Morgan fingerprint density at radius 1 is 1.38 bits per heavy atom. The van der Waals surface area contributed by atoms with Gasteiger partial charge in [-0.3, -0.25) is 14.9 Å². The van der Waals surface area contributed by atoms with Gasteiger partial charge in [-0.1, -0.05) is 12.1 Å². The summed E-state index contributed by atoms with van der Waals surface area (Å²) in [6.07, 6.45) is 3.62. The van der Waals surface area contributed by atoms with Crippen molar-refractivity contribution in [1.82, 2.24) is 0 Å². The molecule has 6 heteroatoms. The number of carbonyl (C=O) groups is 1. The summed E-state index contributed by atoms with van der Waals surface area (Å²) in [5.74, 6) is 1.82. The predicted octanol–water partition coefficient (Wildman–Crippen LogP) is 3.21. The molecule has 0 heterocycles. The van der Waals surface area contributed by atoms with E-state index in [2.05, 4.69) is 0 Å². The Hall–Kier alpha value is -1.56. The van der Waals surface area contributed by atoms with Crippen molar-refractivity contribution in [3.63, 3.8) is 0 Å². The van der Waals surface area contributed by atoms with Gasteiger partial charge in [0.15, 0.2) is 0 Å². The molecule has 0 N–H and O–H groups in total. The molecular weight excluding hydrogens is 290 g/mol. The van der Waals surface area contributed by atoms with Crippen molar-refractivity contribution in [2.45, 2.75) is 25.7 Å². The largest absolute Gasteiger partial charge is 0.469 e. The second-order valence-corrected chi connectivity index (χ2v) is 6.58. The summed E-state index contributed by atoms with van der Waals surface area (Å²) in [4.78, 5) is 21.5. The van der Waals surface area contributed by atoms with Crippen molar-refractivity contribution in [2.75, 3.05) is 18.6 Å². The number of nitrogens with zero attached hydrogens (tertiary/aromatic N) is 1. The highest BCUT2D eigenvalue weighted by Gasteiger charge is 2.44. The number of benzene rings is 1. The van der Waals surface area contributed by atoms with Gasteiger partial charge in [-0.15, -0.1) is 0 Å². The fraction of sp³-hybridized carbons (Fsp3) is 0.533. The molecule has 1 fully saturated rings. The average molecular weight is 309 g/mol. The van der Waals surface area contributed by atoms with Crippen LogP contribution in [0.25, 0.3) is 0 Å². The van der Waals surface area contributed by atoms with E-state index in [1.54, 1.807) is 24.3 Å². The molecule has 0 radical (unpaired) electrons. The summed E-state index contributed by atoms with van der Waals surface area (Å²) in [5.41, 5.74) is 1.39. The highest BCUT2D eigenvalue weighted by atomic mass is 32.2. The smallest absolute Gasteiger partial charge is 0.306 e. The zero-order chi connectivity index (χ0) is 15.3. The number of rotatable bonds is 8. The van der Waals surface area contributed by atoms with Crippen LogP contribution in [-0.2, 0) is 16.0 Å². The Kier molecular flexibility index (Phi) is 5.22. The quantitative estimate of drug-likeness (QED) is 0.319. The molecule has 1 saturated carbocycles. The van der Waals surface area contributed by atoms with Gasteiger partial charge in [0.05, 0.1) is 18.5 Å². The van der Waals surface area contributed by atoms with Gasteiger partial charge in [0, 0.05) is 12.1 Å². The van der Waals surface area contributed by atoms with E-state index in [1.807, 2.05) is 11.8 Å². The molecule has 0 atom stereocenters. The number of thioether (sulfide) groups is 1. The number of non-ortho nitro benzene ring substituents is 1. The predicted molar refractivity (Wildman–Crippen MR) is 82.4 cm³/mol. The molecule has 0 spiro atoms. The van der Waals surface area contributed by atoms with Crippen LogP contribution in [0.3, 0.4) is 0 Å². The van der Waals surface area contributed by atoms with Crippen LogP contribution in [-0.4, -0.2) is 29.5 Å². The SMILES string of the molecule is COC(=O)CC1(CSCCc2ccc([N+](=O)[O-])cc2)CC1. The van der Waals surface area contributed by atoms with Crippen molar-refractivity contribution < 1.29 is 14.5 Å². The van der Waals surface area contributed by atoms with Crippen LogP contribution in [0.4, 0.5) is 5.69 Å². The van der Waals surface area contributed by atoms with Crippen LogP contribution < -0.4 is 0 Å². The fourth-order valence-corrected chi connectivity index (χ4v) is 3.54. The van der Waals surface area contributed by atoms with Gasteiger partial charge in [-0.05, 0) is 41.7 Å². The maximum atomic E-state index is 11.3. The molecule has 0 saturated heterocycles. The Labute approximate surface area is 128 Å². The van der Waals surface area contributed by atoms with Gasteiger partial charge in [0.25, 0.3) is 5.69 Å². The van der Waals surface area contributed by atoms with E-state index >= 15 is 0 Å². The van der Waals surface area contributed by atoms with Gasteiger partial charge in [0.2, 0.25) is 0 Å². The molecule has 0 amide bonds. The van der Waals surface area contributed by atoms with Gasteiger partial charge in [-0.2, -0.15) is 11.8 Å². The van der Waals surface area contributed by atoms with Gasteiger partial charge < -0.3 is 4.74 Å². The highest BCUT2D eigenvalue weighted by molar-refractivity contribution is 7.99. The molecule has 0 unspecified atom stereocenters. The van der Waals surface area contributed by atoms with E-state index in [-0.39, 0.29) is 22.0 Å². The van der Waals surface area contributed by atoms with E-state index in [1.165, 1.54) is 7.11 Å². The summed E-state index contributed by atoms with van der Waals surface area (Å²) >= 11 is 1.84. The first-order valence-electron chi connectivity index (χ1n) is 6.93. The van der Waals surface area contributed by atoms with Crippen LogP contribution in [0.2, 0.25) is 0 Å². The molecule has 114 valence electrons. The highest BCUT2D eigenvalue weighted by Crippen LogP contribution is 2.51. The lowest BCUT2D eigenvalue weighted by molar-refractivity contribution is -0.384. The Bertz CT molecular complexity index is 511. The lowest BCUT2D eigenvalue weighted by Gasteiger charge is -2.12. The Morgan fingerprint density at radius 3 is 2.57 bits per heavy atom. The molecule has 1 aromatic rings. The molecular formula is C15H19NO4S. The third-order valence-corrected chi connectivity index (χ3v) is 5.10. The number of carbonyl (C=O) groups excluding carboxylic acids is 1. The lowest BCUT2D eigenvalue weighted by Crippen LogP contribution is -2.13. The molecule has 1 aliphatic carbocycles. The summed E-state index contributed by atoms with van der Waals surface area (Å²) < 4.78 is 4.73. The summed E-state index contributed by atoms with van der Waals surface area (Å²) in [6.45, 7) is 0. The number of aryl methyl sites for hydroxylation is 1. The fourth-order valence-electron chi connectivity index (χ4n) is 2.19. The Balaban J connectivity index is 1.70. The monoisotopic (exact) mass is 309 g/mol. The Morgan fingerprint density at radius 2 is 2.05 bits per heavy atom. The maximum Gasteiger partial charge on any atom is 0.306 e. The number of hydrogen-bond donors (Lipinski definition) is 0. The summed E-state index contributed by atoms with van der Waals surface area (Å²) in [6, 6.07) is 6.69. The summed E-state index contributed by atoms with van der Waals surface area (Å²) in [7, 11) is 1.43. The van der Waals surface area contributed by atoms with E-state index in [0.717, 1.165) is 36.3 Å². The van der Waals surface area contributed by atoms with Crippen molar-refractivity contribution in [3.05, 3.63) is 39.9 Å². The summed E-state index contributed by atoms with van der Waals surface area (Å²) in [5, 5.41) is 10.6. The molecule has 1 aromatic carbocycles.